The molecule has 160 valence electrons. The standard InChI is InChI=1S/C17H18ClF3N4O2S.HI/c1-22-16(24-8-14-25-13(9-28-14)17(19,20)21)23-3-2-10-6-11(18)15-12(7-10)26-4-5-27-15;/h6-7,9H,2-5,8H2,1H3,(H2,22,23,24);1H. The number of aromatic nitrogens is 1. The van der Waals surface area contributed by atoms with Crippen molar-refractivity contribution in [3.63, 3.8) is 0 Å². The van der Waals surface area contributed by atoms with E-state index in [-0.39, 0.29) is 30.5 Å². The minimum absolute atomic E-state index is 0. The lowest BCUT2D eigenvalue weighted by Crippen LogP contribution is -2.37. The quantitative estimate of drug-likeness (QED) is 0.326. The number of nitrogens with zero attached hydrogens (tertiary/aromatic N) is 2. The predicted octanol–water partition coefficient (Wildman–Crippen LogP) is 4.11. The Kier molecular flexibility index (Phi) is 8.64. The van der Waals surface area contributed by atoms with Gasteiger partial charge in [0.05, 0.1) is 11.6 Å². The summed E-state index contributed by atoms with van der Waals surface area (Å²) in [6, 6.07) is 3.70. The molecule has 1 aliphatic heterocycles. The van der Waals surface area contributed by atoms with Gasteiger partial charge >= 0.3 is 6.18 Å². The van der Waals surface area contributed by atoms with Gasteiger partial charge in [0.15, 0.2) is 23.2 Å². The first-order chi connectivity index (χ1) is 13.4. The van der Waals surface area contributed by atoms with Gasteiger partial charge in [-0.05, 0) is 24.1 Å². The van der Waals surface area contributed by atoms with E-state index >= 15 is 0 Å². The Bertz CT molecular complexity index is 864. The van der Waals surface area contributed by atoms with E-state index in [1.54, 1.807) is 7.05 Å². The zero-order valence-electron chi connectivity index (χ0n) is 15.3. The number of aliphatic imine (C=N–C) groups is 1. The molecule has 0 aliphatic carbocycles. The Hall–Kier alpha value is -1.47. The fraction of sp³-hybridized carbons (Fsp3) is 0.412. The summed E-state index contributed by atoms with van der Waals surface area (Å²) in [7, 11) is 1.58. The second-order valence-electron chi connectivity index (χ2n) is 5.83. The van der Waals surface area contributed by atoms with Crippen LogP contribution in [0, 0.1) is 0 Å². The number of halogens is 5. The summed E-state index contributed by atoms with van der Waals surface area (Å²) < 4.78 is 48.8. The number of alkyl halides is 3. The first-order valence-corrected chi connectivity index (χ1v) is 9.66. The van der Waals surface area contributed by atoms with Crippen molar-refractivity contribution in [1.82, 2.24) is 15.6 Å². The Morgan fingerprint density at radius 2 is 2.03 bits per heavy atom. The number of hydrogen-bond acceptors (Lipinski definition) is 5. The molecule has 2 N–H and O–H groups in total. The molecule has 1 aliphatic rings. The van der Waals surface area contributed by atoms with Crippen LogP contribution in [0.3, 0.4) is 0 Å². The molecule has 12 heteroatoms. The smallest absolute Gasteiger partial charge is 0.434 e. The highest BCUT2D eigenvalue weighted by molar-refractivity contribution is 14.0. The van der Waals surface area contributed by atoms with Crippen LogP contribution in [0.2, 0.25) is 5.02 Å². The van der Waals surface area contributed by atoms with Crippen LogP contribution in [0.5, 0.6) is 11.5 Å². The SMILES string of the molecule is CN=C(NCCc1cc(Cl)c2c(c1)OCCO2)NCc1nc(C(F)(F)F)cs1.I. The Balaban J connectivity index is 0.00000300. The topological polar surface area (TPSA) is 67.8 Å². The number of nitrogens with one attached hydrogen (secondary N) is 2. The molecule has 1 aromatic heterocycles. The van der Waals surface area contributed by atoms with Gasteiger partial charge in [-0.2, -0.15) is 13.2 Å². The van der Waals surface area contributed by atoms with Gasteiger partial charge in [0, 0.05) is 19.0 Å². The van der Waals surface area contributed by atoms with Crippen LogP contribution in [0.1, 0.15) is 16.3 Å². The van der Waals surface area contributed by atoms with E-state index < -0.39 is 11.9 Å². The molecule has 3 rings (SSSR count). The maximum Gasteiger partial charge on any atom is 0.434 e. The zero-order chi connectivity index (χ0) is 20.1. The predicted molar refractivity (Wildman–Crippen MR) is 117 cm³/mol. The van der Waals surface area contributed by atoms with Crippen molar-refractivity contribution in [2.45, 2.75) is 19.1 Å². The summed E-state index contributed by atoms with van der Waals surface area (Å²) in [6.45, 7) is 1.64. The Labute approximate surface area is 191 Å². The molecule has 0 bridgehead atoms. The second kappa shape index (κ2) is 10.5. The number of fused-ring (bicyclic) bond motifs is 1. The first kappa shape index (κ1) is 23.8. The molecule has 0 radical (unpaired) electrons. The maximum atomic E-state index is 12.6. The molecule has 1 aromatic carbocycles. The summed E-state index contributed by atoms with van der Waals surface area (Å²) >= 11 is 7.17. The molecule has 0 atom stereocenters. The summed E-state index contributed by atoms with van der Waals surface area (Å²) in [6.07, 6.45) is -3.79. The average Bonchev–Trinajstić information content (AvgIpc) is 3.14. The van der Waals surface area contributed by atoms with Crippen LogP contribution < -0.4 is 20.1 Å². The first-order valence-electron chi connectivity index (χ1n) is 8.41. The molecule has 0 saturated heterocycles. The van der Waals surface area contributed by atoms with Crippen molar-refractivity contribution in [3.8, 4) is 11.5 Å². The summed E-state index contributed by atoms with van der Waals surface area (Å²) in [4.78, 5) is 7.63. The van der Waals surface area contributed by atoms with Gasteiger partial charge in [-0.15, -0.1) is 35.3 Å². The van der Waals surface area contributed by atoms with Crippen LogP contribution in [0.15, 0.2) is 22.5 Å². The van der Waals surface area contributed by atoms with Gasteiger partial charge < -0.3 is 20.1 Å². The summed E-state index contributed by atoms with van der Waals surface area (Å²) in [5.41, 5.74) is 0.0830. The lowest BCUT2D eigenvalue weighted by atomic mass is 10.1. The number of thiazole rings is 1. The molecule has 29 heavy (non-hydrogen) atoms. The van der Waals surface area contributed by atoms with Crippen molar-refractivity contribution < 1.29 is 22.6 Å². The highest BCUT2D eigenvalue weighted by Gasteiger charge is 2.33. The molecule has 0 spiro atoms. The van der Waals surface area contributed by atoms with E-state index in [0.717, 1.165) is 22.3 Å². The number of benzene rings is 1. The third-order valence-corrected chi connectivity index (χ3v) is 4.97. The van der Waals surface area contributed by atoms with Crippen molar-refractivity contribution >= 4 is 52.9 Å². The van der Waals surface area contributed by atoms with E-state index in [4.69, 9.17) is 21.1 Å². The van der Waals surface area contributed by atoms with Crippen LogP contribution in [-0.4, -0.2) is 37.7 Å². The van der Waals surface area contributed by atoms with E-state index in [2.05, 4.69) is 20.6 Å². The Morgan fingerprint density at radius 3 is 2.72 bits per heavy atom. The lowest BCUT2D eigenvalue weighted by molar-refractivity contribution is -0.140. The van der Waals surface area contributed by atoms with Crippen LogP contribution in [-0.2, 0) is 19.1 Å². The zero-order valence-corrected chi connectivity index (χ0v) is 19.2. The van der Waals surface area contributed by atoms with E-state index in [1.807, 2.05) is 12.1 Å². The average molecular weight is 563 g/mol. The molecule has 0 fully saturated rings. The van der Waals surface area contributed by atoms with Gasteiger partial charge in [0.2, 0.25) is 0 Å². The molecule has 2 heterocycles. The molecule has 0 amide bonds. The monoisotopic (exact) mass is 562 g/mol. The molecular weight excluding hydrogens is 544 g/mol. The molecular formula is C17H19ClF3IN4O2S. The van der Waals surface area contributed by atoms with Crippen LogP contribution >= 0.6 is 46.9 Å². The minimum atomic E-state index is -4.43. The van der Waals surface area contributed by atoms with Crippen LogP contribution in [0.25, 0.3) is 0 Å². The maximum absolute atomic E-state index is 12.6. The third kappa shape index (κ3) is 6.51. The van der Waals surface area contributed by atoms with Crippen molar-refractivity contribution in [3.05, 3.63) is 38.8 Å². The number of hydrogen-bond donors (Lipinski definition) is 2. The number of ether oxygens (including phenoxy) is 2. The lowest BCUT2D eigenvalue weighted by Gasteiger charge is -2.20. The van der Waals surface area contributed by atoms with Crippen molar-refractivity contribution in [2.24, 2.45) is 4.99 Å². The highest BCUT2D eigenvalue weighted by atomic mass is 127. The largest absolute Gasteiger partial charge is 0.486 e. The summed E-state index contributed by atoms with van der Waals surface area (Å²) in [5, 5.41) is 7.88. The van der Waals surface area contributed by atoms with Gasteiger partial charge in [-0.25, -0.2) is 4.98 Å². The number of guanidine groups is 1. The highest BCUT2D eigenvalue weighted by Crippen LogP contribution is 2.38. The van der Waals surface area contributed by atoms with Gasteiger partial charge in [-0.1, -0.05) is 11.6 Å². The van der Waals surface area contributed by atoms with Gasteiger partial charge in [0.25, 0.3) is 0 Å². The fourth-order valence-corrected chi connectivity index (χ4v) is 3.56. The third-order valence-electron chi connectivity index (χ3n) is 3.84. The molecule has 2 aromatic rings. The van der Waals surface area contributed by atoms with Crippen molar-refractivity contribution in [1.29, 1.82) is 0 Å². The number of rotatable bonds is 5. The molecule has 0 unspecified atom stereocenters. The van der Waals surface area contributed by atoms with E-state index in [1.165, 1.54) is 0 Å². The summed E-state index contributed by atoms with van der Waals surface area (Å²) in [5.74, 6) is 1.65. The molecule has 0 saturated carbocycles. The van der Waals surface area contributed by atoms with E-state index in [0.29, 0.717) is 53.7 Å². The van der Waals surface area contributed by atoms with Gasteiger partial charge in [0.1, 0.15) is 18.2 Å². The van der Waals surface area contributed by atoms with Crippen LogP contribution in [0.4, 0.5) is 13.2 Å². The van der Waals surface area contributed by atoms with Crippen molar-refractivity contribution in [2.75, 3.05) is 26.8 Å². The molecule has 6 nitrogen and oxygen atoms in total. The van der Waals surface area contributed by atoms with E-state index in [9.17, 15) is 13.2 Å². The Morgan fingerprint density at radius 1 is 1.28 bits per heavy atom. The normalized spacial score (nSPS) is 13.6. The minimum Gasteiger partial charge on any atom is -0.486 e. The van der Waals surface area contributed by atoms with Gasteiger partial charge in [-0.3, -0.25) is 4.99 Å². The second-order valence-corrected chi connectivity index (χ2v) is 7.18. The fourth-order valence-electron chi connectivity index (χ4n) is 2.54.